The quantitative estimate of drug-likeness (QED) is 0.807. The largest absolute Gasteiger partial charge is 0.469 e. The van der Waals surface area contributed by atoms with E-state index in [9.17, 15) is 0 Å². The molecule has 1 heterocycles. The molecule has 0 fully saturated rings. The number of hydrogen-bond donors (Lipinski definition) is 1. The molecule has 0 aliphatic carbocycles. The number of hydrogen-bond acceptors (Lipinski definition) is 2. The first-order chi connectivity index (χ1) is 8.88. The van der Waals surface area contributed by atoms with E-state index in [-0.39, 0.29) is 0 Å². The topological polar surface area (TPSA) is 25.2 Å². The minimum Gasteiger partial charge on any atom is -0.469 e. The molecule has 1 aromatic heterocycles. The van der Waals surface area contributed by atoms with Crippen LogP contribution >= 0.6 is 0 Å². The highest BCUT2D eigenvalue weighted by Gasteiger charge is 2.11. The van der Waals surface area contributed by atoms with Crippen LogP contribution < -0.4 is 5.32 Å². The Morgan fingerprint density at radius 3 is 2.56 bits per heavy atom. The molecule has 96 valence electrons. The van der Waals surface area contributed by atoms with Gasteiger partial charge in [0.05, 0.1) is 6.26 Å². The normalized spacial score (nSPS) is 12.5. The van der Waals surface area contributed by atoms with Gasteiger partial charge in [0, 0.05) is 6.42 Å². The van der Waals surface area contributed by atoms with Crippen molar-refractivity contribution in [3.05, 3.63) is 60.1 Å². The highest BCUT2D eigenvalue weighted by molar-refractivity contribution is 5.16. The van der Waals surface area contributed by atoms with Crippen LogP contribution in [0.25, 0.3) is 0 Å². The summed E-state index contributed by atoms with van der Waals surface area (Å²) in [6, 6.07) is 14.7. The Morgan fingerprint density at radius 2 is 1.89 bits per heavy atom. The Hall–Kier alpha value is -1.54. The predicted octanol–water partition coefficient (Wildman–Crippen LogP) is 3.29. The van der Waals surface area contributed by atoms with Crippen LogP contribution in [0.2, 0.25) is 0 Å². The fraction of sp³-hybridized carbons (Fsp3) is 0.375. The van der Waals surface area contributed by atoms with Gasteiger partial charge in [0.15, 0.2) is 0 Å². The molecule has 2 heteroatoms. The second kappa shape index (κ2) is 7.02. The van der Waals surface area contributed by atoms with Crippen LogP contribution in [0.15, 0.2) is 53.1 Å². The molecule has 18 heavy (non-hydrogen) atoms. The number of benzene rings is 1. The highest BCUT2D eigenvalue weighted by Crippen LogP contribution is 2.14. The summed E-state index contributed by atoms with van der Waals surface area (Å²) in [5.41, 5.74) is 1.40. The SMILES string of the molecule is CCNCC(Cc1ccccc1)Cc1ccco1. The van der Waals surface area contributed by atoms with Gasteiger partial charge in [-0.1, -0.05) is 37.3 Å². The van der Waals surface area contributed by atoms with Crippen LogP contribution in [0.3, 0.4) is 0 Å². The highest BCUT2D eigenvalue weighted by atomic mass is 16.3. The summed E-state index contributed by atoms with van der Waals surface area (Å²) in [5.74, 6) is 1.66. The summed E-state index contributed by atoms with van der Waals surface area (Å²) in [7, 11) is 0. The van der Waals surface area contributed by atoms with Gasteiger partial charge in [-0.3, -0.25) is 0 Å². The van der Waals surface area contributed by atoms with E-state index in [1.165, 1.54) is 5.56 Å². The summed E-state index contributed by atoms with van der Waals surface area (Å²) < 4.78 is 5.45. The second-order valence-corrected chi connectivity index (χ2v) is 4.65. The minimum absolute atomic E-state index is 0.582. The van der Waals surface area contributed by atoms with Crippen LogP contribution in [-0.4, -0.2) is 13.1 Å². The summed E-state index contributed by atoms with van der Waals surface area (Å²) >= 11 is 0. The van der Waals surface area contributed by atoms with Crippen molar-refractivity contribution in [2.45, 2.75) is 19.8 Å². The van der Waals surface area contributed by atoms with E-state index in [1.807, 2.05) is 6.07 Å². The molecule has 1 unspecified atom stereocenters. The predicted molar refractivity (Wildman–Crippen MR) is 74.6 cm³/mol. The van der Waals surface area contributed by atoms with Gasteiger partial charge in [-0.2, -0.15) is 0 Å². The summed E-state index contributed by atoms with van der Waals surface area (Å²) in [4.78, 5) is 0. The van der Waals surface area contributed by atoms with Gasteiger partial charge in [0.1, 0.15) is 5.76 Å². The molecule has 0 amide bonds. The molecule has 0 radical (unpaired) electrons. The van der Waals surface area contributed by atoms with Crippen LogP contribution in [0, 0.1) is 5.92 Å². The van der Waals surface area contributed by atoms with E-state index in [0.29, 0.717) is 5.92 Å². The van der Waals surface area contributed by atoms with Crippen molar-refractivity contribution in [1.82, 2.24) is 5.32 Å². The lowest BCUT2D eigenvalue weighted by atomic mass is 9.95. The van der Waals surface area contributed by atoms with Crippen molar-refractivity contribution >= 4 is 0 Å². The van der Waals surface area contributed by atoms with Gasteiger partial charge in [-0.25, -0.2) is 0 Å². The molecule has 0 saturated carbocycles. The Kier molecular flexibility index (Phi) is 5.03. The third-order valence-electron chi connectivity index (χ3n) is 3.12. The molecular weight excluding hydrogens is 222 g/mol. The maximum absolute atomic E-state index is 5.45. The molecule has 0 aliphatic rings. The van der Waals surface area contributed by atoms with Crippen LogP contribution in [0.4, 0.5) is 0 Å². The van der Waals surface area contributed by atoms with Gasteiger partial charge >= 0.3 is 0 Å². The van der Waals surface area contributed by atoms with Crippen LogP contribution in [-0.2, 0) is 12.8 Å². The first kappa shape index (κ1) is 12.9. The van der Waals surface area contributed by atoms with E-state index in [0.717, 1.165) is 31.7 Å². The molecular formula is C16H21NO. The summed E-state index contributed by atoms with van der Waals surface area (Å²) in [5, 5.41) is 3.44. The van der Waals surface area contributed by atoms with E-state index >= 15 is 0 Å². The number of rotatable bonds is 7. The second-order valence-electron chi connectivity index (χ2n) is 4.65. The van der Waals surface area contributed by atoms with Crippen molar-refractivity contribution in [3.63, 3.8) is 0 Å². The zero-order chi connectivity index (χ0) is 12.6. The van der Waals surface area contributed by atoms with Gasteiger partial charge in [-0.05, 0) is 43.1 Å². The Bertz CT molecular complexity index is 422. The van der Waals surface area contributed by atoms with Gasteiger partial charge in [0.25, 0.3) is 0 Å². The van der Waals surface area contributed by atoms with Crippen molar-refractivity contribution in [3.8, 4) is 0 Å². The van der Waals surface area contributed by atoms with Crippen LogP contribution in [0.5, 0.6) is 0 Å². The Morgan fingerprint density at radius 1 is 1.06 bits per heavy atom. The fourth-order valence-corrected chi connectivity index (χ4v) is 2.23. The third kappa shape index (κ3) is 4.04. The molecule has 1 N–H and O–H groups in total. The lowest BCUT2D eigenvalue weighted by Crippen LogP contribution is -2.25. The van der Waals surface area contributed by atoms with Crippen molar-refractivity contribution < 1.29 is 4.42 Å². The summed E-state index contributed by atoms with van der Waals surface area (Å²) in [6.07, 6.45) is 3.84. The monoisotopic (exact) mass is 243 g/mol. The minimum atomic E-state index is 0.582. The average molecular weight is 243 g/mol. The standard InChI is InChI=1S/C16H21NO/c1-2-17-13-15(12-16-9-6-10-18-16)11-14-7-4-3-5-8-14/h3-10,15,17H,2,11-13H2,1H3. The maximum atomic E-state index is 5.45. The molecule has 0 aliphatic heterocycles. The smallest absolute Gasteiger partial charge is 0.104 e. The fourth-order valence-electron chi connectivity index (χ4n) is 2.23. The average Bonchev–Trinajstić information content (AvgIpc) is 2.90. The lowest BCUT2D eigenvalue weighted by Gasteiger charge is -2.16. The van der Waals surface area contributed by atoms with Crippen molar-refractivity contribution in [2.24, 2.45) is 5.92 Å². The first-order valence-corrected chi connectivity index (χ1v) is 6.65. The van der Waals surface area contributed by atoms with Gasteiger partial charge in [-0.15, -0.1) is 0 Å². The van der Waals surface area contributed by atoms with E-state index in [4.69, 9.17) is 4.42 Å². The van der Waals surface area contributed by atoms with Gasteiger partial charge < -0.3 is 9.73 Å². The lowest BCUT2D eigenvalue weighted by molar-refractivity contribution is 0.418. The van der Waals surface area contributed by atoms with Crippen molar-refractivity contribution in [2.75, 3.05) is 13.1 Å². The summed E-state index contributed by atoms with van der Waals surface area (Å²) in [6.45, 7) is 4.20. The number of furan rings is 1. The maximum Gasteiger partial charge on any atom is 0.104 e. The molecule has 0 bridgehead atoms. The molecule has 2 nitrogen and oxygen atoms in total. The molecule has 2 rings (SSSR count). The first-order valence-electron chi connectivity index (χ1n) is 6.65. The Balaban J connectivity index is 1.96. The molecule has 0 saturated heterocycles. The van der Waals surface area contributed by atoms with Gasteiger partial charge in [0.2, 0.25) is 0 Å². The third-order valence-corrected chi connectivity index (χ3v) is 3.12. The van der Waals surface area contributed by atoms with Crippen molar-refractivity contribution in [1.29, 1.82) is 0 Å². The van der Waals surface area contributed by atoms with E-state index in [1.54, 1.807) is 6.26 Å². The van der Waals surface area contributed by atoms with E-state index in [2.05, 4.69) is 48.6 Å². The molecule has 2 aromatic rings. The van der Waals surface area contributed by atoms with Crippen LogP contribution in [0.1, 0.15) is 18.2 Å². The zero-order valence-electron chi connectivity index (χ0n) is 10.9. The number of nitrogens with one attached hydrogen (secondary N) is 1. The van der Waals surface area contributed by atoms with E-state index < -0.39 is 0 Å². The zero-order valence-corrected chi connectivity index (χ0v) is 10.9. The molecule has 0 spiro atoms. The Labute approximate surface area is 109 Å². The molecule has 1 atom stereocenters. The molecule has 1 aromatic carbocycles.